The Labute approximate surface area is 163 Å². The number of sulfonamides is 1. The van der Waals surface area contributed by atoms with E-state index >= 15 is 0 Å². The third kappa shape index (κ3) is 5.53. The van der Waals surface area contributed by atoms with Gasteiger partial charge in [0.25, 0.3) is 0 Å². The molecule has 2 heterocycles. The van der Waals surface area contributed by atoms with Crippen LogP contribution in [0.1, 0.15) is 38.5 Å². The van der Waals surface area contributed by atoms with Crippen LogP contribution in [-0.2, 0) is 14.8 Å². The van der Waals surface area contributed by atoms with Crippen molar-refractivity contribution in [3.63, 3.8) is 0 Å². The van der Waals surface area contributed by atoms with Crippen molar-refractivity contribution in [1.82, 2.24) is 14.5 Å². The summed E-state index contributed by atoms with van der Waals surface area (Å²) in [6.07, 6.45) is 6.07. The summed E-state index contributed by atoms with van der Waals surface area (Å²) in [6.45, 7) is 4.93. The summed E-state index contributed by atoms with van der Waals surface area (Å²) in [5.74, 6) is -0.00684. The van der Waals surface area contributed by atoms with E-state index in [1.807, 2.05) is 0 Å². The van der Waals surface area contributed by atoms with Crippen LogP contribution in [0, 0.1) is 5.92 Å². The Kier molecular flexibility index (Phi) is 7.26. The number of carbonyl (C=O) groups is 1. The molecule has 2 aliphatic heterocycles. The Hall–Kier alpha value is -1.44. The van der Waals surface area contributed by atoms with E-state index in [9.17, 15) is 13.2 Å². The summed E-state index contributed by atoms with van der Waals surface area (Å²) >= 11 is 0. The molecule has 0 unspecified atom stereocenters. The molecule has 7 heteroatoms. The van der Waals surface area contributed by atoms with Crippen molar-refractivity contribution in [3.8, 4) is 0 Å². The van der Waals surface area contributed by atoms with Crippen molar-refractivity contribution in [2.24, 2.45) is 5.92 Å². The second-order valence-corrected chi connectivity index (χ2v) is 9.48. The number of hydrogen-bond donors (Lipinski definition) is 1. The quantitative estimate of drug-likeness (QED) is 0.720. The van der Waals surface area contributed by atoms with Gasteiger partial charge in [0.2, 0.25) is 15.9 Å². The average molecular weight is 394 g/mol. The van der Waals surface area contributed by atoms with Gasteiger partial charge in [-0.1, -0.05) is 24.6 Å². The van der Waals surface area contributed by atoms with E-state index in [0.29, 0.717) is 37.4 Å². The van der Waals surface area contributed by atoms with E-state index in [0.717, 1.165) is 13.0 Å². The molecule has 27 heavy (non-hydrogen) atoms. The van der Waals surface area contributed by atoms with Crippen LogP contribution in [0.5, 0.6) is 0 Å². The summed E-state index contributed by atoms with van der Waals surface area (Å²) < 4.78 is 26.8. The molecule has 0 spiro atoms. The Morgan fingerprint density at radius 3 is 2.33 bits per heavy atom. The fraction of sp³-hybridized carbons (Fsp3) is 0.650. The van der Waals surface area contributed by atoms with Gasteiger partial charge in [0.1, 0.15) is 0 Å². The van der Waals surface area contributed by atoms with Gasteiger partial charge < -0.3 is 10.2 Å². The van der Waals surface area contributed by atoms with Crippen molar-refractivity contribution < 1.29 is 13.2 Å². The third-order valence-electron chi connectivity index (χ3n) is 5.60. The molecule has 0 radical (unpaired) electrons. The lowest BCUT2D eigenvalue weighted by Gasteiger charge is -2.30. The molecule has 2 fully saturated rings. The molecule has 2 saturated heterocycles. The SMILES string of the molecule is O=C(NCCCN1CCCCC1)C1CCN(S(=O)(=O)c2ccccc2)CC1. The third-order valence-corrected chi connectivity index (χ3v) is 7.52. The molecule has 1 aromatic rings. The molecule has 0 aliphatic carbocycles. The molecule has 1 N–H and O–H groups in total. The minimum Gasteiger partial charge on any atom is -0.356 e. The van der Waals surface area contributed by atoms with E-state index in [2.05, 4.69) is 10.2 Å². The number of nitrogens with one attached hydrogen (secondary N) is 1. The van der Waals surface area contributed by atoms with Crippen LogP contribution >= 0.6 is 0 Å². The van der Waals surface area contributed by atoms with Gasteiger partial charge in [-0.3, -0.25) is 4.79 Å². The largest absolute Gasteiger partial charge is 0.356 e. The first-order chi connectivity index (χ1) is 13.1. The maximum atomic E-state index is 12.6. The van der Waals surface area contributed by atoms with Gasteiger partial charge in [0.15, 0.2) is 0 Å². The zero-order chi connectivity index (χ0) is 19.1. The summed E-state index contributed by atoms with van der Waals surface area (Å²) in [6, 6.07) is 8.52. The molecule has 6 nitrogen and oxygen atoms in total. The molecule has 3 rings (SSSR count). The van der Waals surface area contributed by atoms with Crippen LogP contribution < -0.4 is 5.32 Å². The molecule has 1 amide bonds. The number of benzene rings is 1. The molecule has 2 aliphatic rings. The van der Waals surface area contributed by atoms with Gasteiger partial charge in [0.05, 0.1) is 4.90 Å². The van der Waals surface area contributed by atoms with Crippen LogP contribution in [0.15, 0.2) is 35.2 Å². The lowest BCUT2D eigenvalue weighted by atomic mass is 9.97. The number of rotatable bonds is 7. The second-order valence-electron chi connectivity index (χ2n) is 7.54. The molecule has 0 saturated carbocycles. The minimum atomic E-state index is -3.45. The first-order valence-electron chi connectivity index (χ1n) is 10.1. The van der Waals surface area contributed by atoms with Gasteiger partial charge in [-0.2, -0.15) is 4.31 Å². The molecule has 0 bridgehead atoms. The topological polar surface area (TPSA) is 69.7 Å². The lowest BCUT2D eigenvalue weighted by molar-refractivity contribution is -0.126. The Morgan fingerprint density at radius 1 is 1.00 bits per heavy atom. The van der Waals surface area contributed by atoms with Crippen molar-refractivity contribution in [2.45, 2.75) is 43.4 Å². The summed E-state index contributed by atoms with van der Waals surface area (Å²) in [4.78, 5) is 15.2. The van der Waals surface area contributed by atoms with Gasteiger partial charge in [-0.15, -0.1) is 0 Å². The van der Waals surface area contributed by atoms with Crippen LogP contribution in [-0.4, -0.2) is 62.8 Å². The standard InChI is InChI=1S/C20H31N3O3S/c24-20(21-12-7-15-22-13-5-2-6-14-22)18-10-16-23(17-11-18)27(25,26)19-8-3-1-4-9-19/h1,3-4,8-9,18H,2,5-7,10-17H2,(H,21,24). The van der Waals surface area contributed by atoms with Crippen LogP contribution in [0.25, 0.3) is 0 Å². The predicted molar refractivity (Wildman–Crippen MR) is 106 cm³/mol. The van der Waals surface area contributed by atoms with E-state index in [1.54, 1.807) is 30.3 Å². The van der Waals surface area contributed by atoms with Gasteiger partial charge in [-0.25, -0.2) is 8.42 Å². The average Bonchev–Trinajstić information content (AvgIpc) is 2.72. The fourth-order valence-electron chi connectivity index (χ4n) is 3.94. The molecule has 0 aromatic heterocycles. The van der Waals surface area contributed by atoms with E-state index in [-0.39, 0.29) is 11.8 Å². The first-order valence-corrected chi connectivity index (χ1v) is 11.6. The number of amides is 1. The summed E-state index contributed by atoms with van der Waals surface area (Å²) in [5.41, 5.74) is 0. The Morgan fingerprint density at radius 2 is 1.67 bits per heavy atom. The van der Waals surface area contributed by atoms with Gasteiger partial charge in [-0.05, 0) is 63.9 Å². The van der Waals surface area contributed by atoms with Crippen molar-refractivity contribution in [1.29, 1.82) is 0 Å². The number of likely N-dealkylation sites (tertiary alicyclic amines) is 1. The van der Waals surface area contributed by atoms with Crippen molar-refractivity contribution in [3.05, 3.63) is 30.3 Å². The van der Waals surface area contributed by atoms with Crippen molar-refractivity contribution >= 4 is 15.9 Å². The highest BCUT2D eigenvalue weighted by Gasteiger charge is 2.31. The van der Waals surface area contributed by atoms with E-state index in [1.165, 1.54) is 36.7 Å². The predicted octanol–water partition coefficient (Wildman–Crippen LogP) is 2.08. The first kappa shape index (κ1) is 20.3. The molecule has 1 aromatic carbocycles. The van der Waals surface area contributed by atoms with Crippen LogP contribution in [0.3, 0.4) is 0 Å². The number of hydrogen-bond acceptors (Lipinski definition) is 4. The maximum absolute atomic E-state index is 12.6. The fourth-order valence-corrected chi connectivity index (χ4v) is 5.43. The number of nitrogens with zero attached hydrogens (tertiary/aromatic N) is 2. The Bertz CT molecular complexity index is 694. The zero-order valence-electron chi connectivity index (χ0n) is 16.0. The summed E-state index contributed by atoms with van der Waals surface area (Å²) in [5, 5.41) is 3.04. The van der Waals surface area contributed by atoms with Crippen LogP contribution in [0.4, 0.5) is 0 Å². The zero-order valence-corrected chi connectivity index (χ0v) is 16.8. The molecule has 0 atom stereocenters. The smallest absolute Gasteiger partial charge is 0.243 e. The molecule has 150 valence electrons. The summed E-state index contributed by atoms with van der Waals surface area (Å²) in [7, 11) is -3.45. The molecular formula is C20H31N3O3S. The van der Waals surface area contributed by atoms with Crippen molar-refractivity contribution in [2.75, 3.05) is 39.3 Å². The maximum Gasteiger partial charge on any atom is 0.243 e. The van der Waals surface area contributed by atoms with E-state index < -0.39 is 10.0 Å². The minimum absolute atomic E-state index is 0.0744. The number of carbonyl (C=O) groups excluding carboxylic acids is 1. The van der Waals surface area contributed by atoms with Gasteiger partial charge in [0, 0.05) is 25.6 Å². The van der Waals surface area contributed by atoms with E-state index in [4.69, 9.17) is 0 Å². The normalized spacial score (nSPS) is 20.4. The highest BCUT2D eigenvalue weighted by molar-refractivity contribution is 7.89. The lowest BCUT2D eigenvalue weighted by Crippen LogP contribution is -2.43. The van der Waals surface area contributed by atoms with Crippen LogP contribution in [0.2, 0.25) is 0 Å². The highest BCUT2D eigenvalue weighted by atomic mass is 32.2. The Balaban J connectivity index is 1.39. The highest BCUT2D eigenvalue weighted by Crippen LogP contribution is 2.23. The van der Waals surface area contributed by atoms with Gasteiger partial charge >= 0.3 is 0 Å². The number of piperidine rings is 2. The second kappa shape index (κ2) is 9.66. The monoisotopic (exact) mass is 393 g/mol. The molecular weight excluding hydrogens is 362 g/mol.